The van der Waals surface area contributed by atoms with Crippen molar-refractivity contribution in [3.05, 3.63) is 23.8 Å². The first kappa shape index (κ1) is 15.0. The highest BCUT2D eigenvalue weighted by Crippen LogP contribution is 2.39. The molecule has 4 nitrogen and oxygen atoms in total. The van der Waals surface area contributed by atoms with Crippen molar-refractivity contribution in [1.29, 1.82) is 0 Å². The van der Waals surface area contributed by atoms with Crippen LogP contribution in [-0.4, -0.2) is 20.6 Å². The Hall–Kier alpha value is -1.36. The maximum Gasteiger partial charge on any atom is 0.298 e. The molecule has 0 radical (unpaired) electrons. The van der Waals surface area contributed by atoms with Crippen LogP contribution >= 0.6 is 0 Å². The SMILES string of the molecule is CCS(=O)(=O)c1c(OC=O)cccc1C1CCCCC1. The van der Waals surface area contributed by atoms with Gasteiger partial charge in [-0.3, -0.25) is 4.79 Å². The minimum Gasteiger partial charge on any atom is -0.427 e. The molecule has 0 aromatic heterocycles. The van der Waals surface area contributed by atoms with Crippen LogP contribution in [0.4, 0.5) is 0 Å². The average Bonchev–Trinajstić information content (AvgIpc) is 2.48. The molecule has 1 aromatic carbocycles. The molecule has 1 saturated carbocycles. The summed E-state index contributed by atoms with van der Waals surface area (Å²) in [4.78, 5) is 10.8. The fourth-order valence-corrected chi connectivity index (χ4v) is 4.19. The van der Waals surface area contributed by atoms with Gasteiger partial charge < -0.3 is 4.74 Å². The number of carbonyl (C=O) groups excluding carboxylic acids is 1. The molecule has 5 heteroatoms. The van der Waals surface area contributed by atoms with Crippen LogP contribution in [0.3, 0.4) is 0 Å². The van der Waals surface area contributed by atoms with Crippen molar-refractivity contribution in [2.75, 3.05) is 5.75 Å². The van der Waals surface area contributed by atoms with E-state index in [1.54, 1.807) is 19.1 Å². The fourth-order valence-electron chi connectivity index (χ4n) is 2.89. The Morgan fingerprint density at radius 2 is 1.95 bits per heavy atom. The van der Waals surface area contributed by atoms with Gasteiger partial charge in [0.15, 0.2) is 9.84 Å². The molecular formula is C15H20O4S. The van der Waals surface area contributed by atoms with Gasteiger partial charge in [-0.1, -0.05) is 38.3 Å². The Morgan fingerprint density at radius 3 is 2.55 bits per heavy atom. The van der Waals surface area contributed by atoms with Crippen molar-refractivity contribution < 1.29 is 17.9 Å². The Kier molecular flexibility index (Phi) is 4.81. The lowest BCUT2D eigenvalue weighted by molar-refractivity contribution is -0.120. The molecule has 0 atom stereocenters. The summed E-state index contributed by atoms with van der Waals surface area (Å²) in [5, 5.41) is 0. The molecule has 0 bridgehead atoms. The second kappa shape index (κ2) is 6.39. The molecule has 0 saturated heterocycles. The highest BCUT2D eigenvalue weighted by molar-refractivity contribution is 7.91. The molecule has 20 heavy (non-hydrogen) atoms. The molecule has 1 aliphatic carbocycles. The lowest BCUT2D eigenvalue weighted by Gasteiger charge is -2.24. The summed E-state index contributed by atoms with van der Waals surface area (Å²) in [6.07, 6.45) is 5.44. The number of rotatable bonds is 5. The van der Waals surface area contributed by atoms with E-state index >= 15 is 0 Å². The number of benzene rings is 1. The van der Waals surface area contributed by atoms with Gasteiger partial charge in [-0.2, -0.15) is 0 Å². The summed E-state index contributed by atoms with van der Waals surface area (Å²) in [6, 6.07) is 5.16. The van der Waals surface area contributed by atoms with E-state index in [9.17, 15) is 13.2 Å². The third kappa shape index (κ3) is 3.03. The Bertz CT molecular complexity index is 572. The predicted molar refractivity (Wildman–Crippen MR) is 76.7 cm³/mol. The van der Waals surface area contributed by atoms with Crippen molar-refractivity contribution in [1.82, 2.24) is 0 Å². The quantitative estimate of drug-likeness (QED) is 0.783. The van der Waals surface area contributed by atoms with E-state index < -0.39 is 9.84 Å². The second-order valence-corrected chi connectivity index (χ2v) is 7.34. The molecule has 110 valence electrons. The number of sulfone groups is 1. The molecule has 0 amide bonds. The summed E-state index contributed by atoms with van der Waals surface area (Å²) in [7, 11) is -3.41. The van der Waals surface area contributed by atoms with Crippen molar-refractivity contribution in [3.63, 3.8) is 0 Å². The van der Waals surface area contributed by atoms with Crippen LogP contribution in [0.1, 0.15) is 50.5 Å². The number of hydrogen-bond acceptors (Lipinski definition) is 4. The van der Waals surface area contributed by atoms with Crippen LogP contribution in [-0.2, 0) is 14.6 Å². The van der Waals surface area contributed by atoms with E-state index in [1.807, 2.05) is 6.07 Å². The maximum absolute atomic E-state index is 12.4. The summed E-state index contributed by atoms with van der Waals surface area (Å²) in [5.74, 6) is 0.409. The van der Waals surface area contributed by atoms with E-state index in [0.29, 0.717) is 0 Å². The lowest BCUT2D eigenvalue weighted by atomic mass is 9.84. The van der Waals surface area contributed by atoms with Crippen molar-refractivity contribution >= 4 is 16.3 Å². The summed E-state index contributed by atoms with van der Waals surface area (Å²) in [5.41, 5.74) is 0.811. The highest BCUT2D eigenvalue weighted by atomic mass is 32.2. The molecule has 0 spiro atoms. The Balaban J connectivity index is 2.55. The summed E-state index contributed by atoms with van der Waals surface area (Å²) in [6.45, 7) is 1.90. The van der Waals surface area contributed by atoms with Gasteiger partial charge in [0.05, 0.1) is 5.75 Å². The maximum atomic E-state index is 12.4. The van der Waals surface area contributed by atoms with Crippen LogP contribution in [0.25, 0.3) is 0 Å². The Morgan fingerprint density at radius 1 is 1.25 bits per heavy atom. The van der Waals surface area contributed by atoms with Gasteiger partial charge in [-0.15, -0.1) is 0 Å². The number of ether oxygens (including phenoxy) is 1. The molecule has 0 aliphatic heterocycles. The average molecular weight is 296 g/mol. The molecule has 1 aromatic rings. The normalized spacial score (nSPS) is 16.9. The number of hydrogen-bond donors (Lipinski definition) is 0. The third-order valence-electron chi connectivity index (χ3n) is 3.92. The largest absolute Gasteiger partial charge is 0.427 e. The first-order valence-electron chi connectivity index (χ1n) is 7.06. The highest BCUT2D eigenvalue weighted by Gasteiger charge is 2.27. The molecule has 0 heterocycles. The van der Waals surface area contributed by atoms with E-state index in [0.717, 1.165) is 31.2 Å². The van der Waals surface area contributed by atoms with Gasteiger partial charge >= 0.3 is 0 Å². The minimum atomic E-state index is -3.41. The zero-order valence-corrected chi connectivity index (χ0v) is 12.5. The van der Waals surface area contributed by atoms with Gasteiger partial charge in [0.2, 0.25) is 0 Å². The zero-order chi connectivity index (χ0) is 14.6. The van der Waals surface area contributed by atoms with E-state index in [-0.39, 0.29) is 28.8 Å². The smallest absolute Gasteiger partial charge is 0.298 e. The molecule has 1 fully saturated rings. The van der Waals surface area contributed by atoms with Gasteiger partial charge in [0.1, 0.15) is 10.6 Å². The Labute approximate surface area is 120 Å². The van der Waals surface area contributed by atoms with Gasteiger partial charge in [0, 0.05) is 0 Å². The monoisotopic (exact) mass is 296 g/mol. The molecule has 2 rings (SSSR count). The van der Waals surface area contributed by atoms with Crippen LogP contribution in [0.15, 0.2) is 23.1 Å². The van der Waals surface area contributed by atoms with Crippen molar-refractivity contribution in [3.8, 4) is 5.75 Å². The molecule has 1 aliphatic rings. The topological polar surface area (TPSA) is 60.4 Å². The van der Waals surface area contributed by atoms with Crippen molar-refractivity contribution in [2.24, 2.45) is 0 Å². The van der Waals surface area contributed by atoms with Crippen LogP contribution in [0.5, 0.6) is 5.75 Å². The van der Waals surface area contributed by atoms with E-state index in [4.69, 9.17) is 4.74 Å². The van der Waals surface area contributed by atoms with E-state index in [2.05, 4.69) is 0 Å². The van der Waals surface area contributed by atoms with Gasteiger partial charge in [-0.25, -0.2) is 8.42 Å². The zero-order valence-electron chi connectivity index (χ0n) is 11.7. The first-order chi connectivity index (χ1) is 9.60. The second-order valence-electron chi connectivity index (χ2n) is 5.13. The standard InChI is InChI=1S/C15H20O4S/c1-2-20(17,18)15-13(12-7-4-3-5-8-12)9-6-10-14(15)19-11-16/h6,9-12H,2-5,7-8H2,1H3. The number of carbonyl (C=O) groups is 1. The molecule has 0 N–H and O–H groups in total. The summed E-state index contributed by atoms with van der Waals surface area (Å²) < 4.78 is 29.6. The lowest BCUT2D eigenvalue weighted by Crippen LogP contribution is -2.14. The van der Waals surface area contributed by atoms with Gasteiger partial charge in [-0.05, 0) is 30.4 Å². The van der Waals surface area contributed by atoms with Crippen LogP contribution < -0.4 is 4.74 Å². The van der Waals surface area contributed by atoms with E-state index in [1.165, 1.54) is 6.42 Å². The fraction of sp³-hybridized carbons (Fsp3) is 0.533. The van der Waals surface area contributed by atoms with Crippen LogP contribution in [0.2, 0.25) is 0 Å². The van der Waals surface area contributed by atoms with Crippen LogP contribution in [0, 0.1) is 0 Å². The third-order valence-corrected chi connectivity index (χ3v) is 5.74. The minimum absolute atomic E-state index is 0.00590. The molecule has 0 unspecified atom stereocenters. The summed E-state index contributed by atoms with van der Waals surface area (Å²) >= 11 is 0. The first-order valence-corrected chi connectivity index (χ1v) is 8.71. The van der Waals surface area contributed by atoms with Gasteiger partial charge in [0.25, 0.3) is 6.47 Å². The predicted octanol–water partition coefficient (Wildman–Crippen LogP) is 3.06. The molecular weight excluding hydrogens is 276 g/mol. The van der Waals surface area contributed by atoms with Crippen molar-refractivity contribution in [2.45, 2.75) is 49.8 Å².